The van der Waals surface area contributed by atoms with Crippen LogP contribution < -0.4 is 10.5 Å². The Hall–Kier alpha value is -3.75. The molecule has 2 aromatic carbocycles. The Morgan fingerprint density at radius 1 is 1.00 bits per heavy atom. The van der Waals surface area contributed by atoms with Crippen LogP contribution in [0.2, 0.25) is 0 Å². The van der Waals surface area contributed by atoms with E-state index in [1.54, 1.807) is 12.1 Å². The van der Waals surface area contributed by atoms with Crippen LogP contribution >= 0.6 is 11.3 Å². The highest BCUT2D eigenvalue weighted by molar-refractivity contribution is 7.18. The zero-order valence-electron chi connectivity index (χ0n) is 20.2. The summed E-state index contributed by atoms with van der Waals surface area (Å²) < 4.78 is 27.5. The second-order valence-corrected chi connectivity index (χ2v) is 9.58. The van der Waals surface area contributed by atoms with Crippen molar-refractivity contribution in [2.45, 2.75) is 19.4 Å². The molecule has 0 bridgehead atoms. The molecule has 184 valence electrons. The predicted octanol–water partition coefficient (Wildman–Crippen LogP) is 6.24. The van der Waals surface area contributed by atoms with Gasteiger partial charge in [0, 0.05) is 36.6 Å². The fraction of sp³-hybridized carbons (Fsp3) is 0.214. The topological polar surface area (TPSA) is 75.2 Å². The van der Waals surface area contributed by atoms with E-state index in [9.17, 15) is 4.39 Å². The molecule has 0 amide bonds. The van der Waals surface area contributed by atoms with E-state index < -0.39 is 0 Å². The number of nitrogen functional groups attached to an aromatic ring is 1. The van der Waals surface area contributed by atoms with Gasteiger partial charge in [-0.05, 0) is 42.3 Å². The van der Waals surface area contributed by atoms with Crippen molar-refractivity contribution in [1.29, 1.82) is 0 Å². The number of thiophene rings is 1. The maximum Gasteiger partial charge on any atom is 0.152 e. The highest BCUT2D eigenvalue weighted by atomic mass is 32.1. The van der Waals surface area contributed by atoms with Gasteiger partial charge in [0.2, 0.25) is 0 Å². The van der Waals surface area contributed by atoms with E-state index in [0.717, 1.165) is 45.2 Å². The molecule has 0 saturated carbocycles. The third kappa shape index (κ3) is 4.96. The minimum absolute atomic E-state index is 0.324. The van der Waals surface area contributed by atoms with Gasteiger partial charge >= 0.3 is 0 Å². The Bertz CT molecular complexity index is 1500. The lowest BCUT2D eigenvalue weighted by Gasteiger charge is -2.05. The molecule has 5 rings (SSSR count). The van der Waals surface area contributed by atoms with Gasteiger partial charge in [0.1, 0.15) is 22.9 Å². The average molecular weight is 503 g/mol. The van der Waals surface area contributed by atoms with E-state index >= 15 is 0 Å². The molecule has 3 heterocycles. The molecule has 6 nitrogen and oxygen atoms in total. The van der Waals surface area contributed by atoms with Crippen molar-refractivity contribution in [2.75, 3.05) is 19.5 Å². The van der Waals surface area contributed by atoms with Crippen molar-refractivity contribution < 1.29 is 13.9 Å². The number of imidazole rings is 1. The summed E-state index contributed by atoms with van der Waals surface area (Å²) in [7, 11) is 3.51. The normalized spacial score (nSPS) is 11.3. The molecule has 0 fully saturated rings. The number of nitrogens with two attached hydrogens (primary N) is 1. The highest BCUT2D eigenvalue weighted by Gasteiger charge is 2.16. The van der Waals surface area contributed by atoms with Gasteiger partial charge in [0.05, 0.1) is 29.8 Å². The number of methoxy groups -OCH3 is 1. The van der Waals surface area contributed by atoms with E-state index in [0.29, 0.717) is 35.9 Å². The number of fused-ring (bicyclic) bond motifs is 1. The Kier molecular flexibility index (Phi) is 6.97. The maximum absolute atomic E-state index is 14.6. The third-order valence-corrected chi connectivity index (χ3v) is 7.23. The fourth-order valence-corrected chi connectivity index (χ4v) is 5.14. The first-order valence-corrected chi connectivity index (χ1v) is 12.5. The summed E-state index contributed by atoms with van der Waals surface area (Å²) in [5, 5.41) is 0. The van der Waals surface area contributed by atoms with Gasteiger partial charge in [-0.1, -0.05) is 30.3 Å². The molecule has 0 unspecified atom stereocenters. The van der Waals surface area contributed by atoms with Gasteiger partial charge in [-0.3, -0.25) is 0 Å². The number of nitrogens with zero attached hydrogens (tertiary/aromatic N) is 3. The number of anilines is 1. The minimum Gasteiger partial charge on any atom is -0.497 e. The molecule has 8 heteroatoms. The van der Waals surface area contributed by atoms with Crippen LogP contribution in [0.4, 0.5) is 10.2 Å². The van der Waals surface area contributed by atoms with Gasteiger partial charge in [-0.25, -0.2) is 14.4 Å². The molecule has 3 aromatic heterocycles. The van der Waals surface area contributed by atoms with Gasteiger partial charge in [-0.2, -0.15) is 0 Å². The maximum atomic E-state index is 14.6. The summed E-state index contributed by atoms with van der Waals surface area (Å²) in [6.45, 7) is 1.25. The molecule has 0 aliphatic heterocycles. The van der Waals surface area contributed by atoms with Crippen LogP contribution in [-0.2, 0) is 24.8 Å². The van der Waals surface area contributed by atoms with Crippen LogP contribution in [0.5, 0.6) is 5.75 Å². The van der Waals surface area contributed by atoms with Gasteiger partial charge in [0.15, 0.2) is 5.82 Å². The van der Waals surface area contributed by atoms with Gasteiger partial charge in [-0.15, -0.1) is 11.3 Å². The molecule has 0 spiro atoms. The highest BCUT2D eigenvalue weighted by Crippen LogP contribution is 2.37. The van der Waals surface area contributed by atoms with Gasteiger partial charge in [0.25, 0.3) is 0 Å². The molecule has 0 radical (unpaired) electrons. The summed E-state index contributed by atoms with van der Waals surface area (Å²) in [4.78, 5) is 11.1. The molecule has 5 aromatic rings. The molecular formula is C28H27FN4O2S. The molecule has 0 atom stereocenters. The first kappa shape index (κ1) is 24.0. The summed E-state index contributed by atoms with van der Waals surface area (Å²) in [6, 6.07) is 20.9. The second-order valence-electron chi connectivity index (χ2n) is 8.50. The Morgan fingerprint density at radius 3 is 2.58 bits per heavy atom. The second kappa shape index (κ2) is 10.5. The smallest absolute Gasteiger partial charge is 0.152 e. The lowest BCUT2D eigenvalue weighted by Crippen LogP contribution is -2.02. The number of ether oxygens (including phenoxy) is 2. The van der Waals surface area contributed by atoms with Crippen LogP contribution in [0.1, 0.15) is 17.8 Å². The molecule has 0 aliphatic carbocycles. The molecular weight excluding hydrogens is 475 g/mol. The lowest BCUT2D eigenvalue weighted by molar-refractivity contribution is 0.118. The number of halogens is 1. The van der Waals surface area contributed by atoms with Crippen molar-refractivity contribution in [3.8, 4) is 26.8 Å². The third-order valence-electron chi connectivity index (χ3n) is 6.09. The summed E-state index contributed by atoms with van der Waals surface area (Å²) in [5.41, 5.74) is 10.4. The lowest BCUT2D eigenvalue weighted by atomic mass is 10.1. The quantitative estimate of drug-likeness (QED) is 0.241. The molecule has 0 saturated heterocycles. The van der Waals surface area contributed by atoms with E-state index in [4.69, 9.17) is 20.2 Å². The number of aryl methyl sites for hydroxylation is 2. The van der Waals surface area contributed by atoms with E-state index in [1.165, 1.54) is 24.5 Å². The van der Waals surface area contributed by atoms with Gasteiger partial charge < -0.3 is 19.8 Å². The summed E-state index contributed by atoms with van der Waals surface area (Å²) in [6.07, 6.45) is 1.63. The first-order valence-electron chi connectivity index (χ1n) is 11.7. The Balaban J connectivity index is 1.31. The van der Waals surface area contributed by atoms with Crippen LogP contribution in [0.15, 0.2) is 66.7 Å². The number of pyridine rings is 1. The van der Waals surface area contributed by atoms with Crippen molar-refractivity contribution in [3.63, 3.8) is 0 Å². The Morgan fingerprint density at radius 2 is 1.81 bits per heavy atom. The largest absolute Gasteiger partial charge is 0.497 e. The van der Waals surface area contributed by atoms with Crippen molar-refractivity contribution in [3.05, 3.63) is 83.9 Å². The molecule has 0 aliphatic rings. The predicted molar refractivity (Wildman–Crippen MR) is 143 cm³/mol. The zero-order valence-corrected chi connectivity index (χ0v) is 21.0. The number of hydrogen-bond donors (Lipinski definition) is 1. The zero-order chi connectivity index (χ0) is 25.1. The molecule has 2 N–H and O–H groups in total. The number of aromatic nitrogens is 3. The van der Waals surface area contributed by atoms with Crippen LogP contribution in [0, 0.1) is 5.82 Å². The number of hydrogen-bond acceptors (Lipinski definition) is 6. The summed E-state index contributed by atoms with van der Waals surface area (Å²) in [5.74, 6) is 1.48. The Labute approximate surface area is 213 Å². The van der Waals surface area contributed by atoms with Crippen molar-refractivity contribution in [1.82, 2.24) is 14.5 Å². The SMILES string of the molecule is COc1ccc(-c2ccc(-c3cc4c(nc(CCCOCc5ccccc5)n4C)c(N)n3)s2)c(F)c1. The van der Waals surface area contributed by atoms with E-state index in [-0.39, 0.29) is 5.82 Å². The summed E-state index contributed by atoms with van der Waals surface area (Å²) >= 11 is 1.47. The first-order chi connectivity index (χ1) is 17.5. The monoisotopic (exact) mass is 502 g/mol. The van der Waals surface area contributed by atoms with Crippen molar-refractivity contribution >= 4 is 28.2 Å². The van der Waals surface area contributed by atoms with E-state index in [1.807, 2.05) is 43.4 Å². The number of benzene rings is 2. The minimum atomic E-state index is -0.324. The van der Waals surface area contributed by atoms with Crippen LogP contribution in [0.25, 0.3) is 32.0 Å². The molecule has 36 heavy (non-hydrogen) atoms. The van der Waals surface area contributed by atoms with Crippen LogP contribution in [-0.4, -0.2) is 28.3 Å². The van der Waals surface area contributed by atoms with Crippen LogP contribution in [0.3, 0.4) is 0 Å². The number of rotatable bonds is 9. The standard InChI is InChI=1S/C28H27FN4O2S/c1-33-23-16-22(25-13-12-24(36-25)20-11-10-19(34-2)15-21(20)29)31-28(30)27(23)32-26(33)9-6-14-35-17-18-7-4-3-5-8-18/h3-5,7-8,10-13,15-16H,6,9,14,17H2,1-2H3,(H2,30,31). The van der Waals surface area contributed by atoms with Crippen molar-refractivity contribution in [2.24, 2.45) is 7.05 Å². The van der Waals surface area contributed by atoms with E-state index in [2.05, 4.69) is 21.7 Å². The fourth-order valence-electron chi connectivity index (χ4n) is 4.15. The average Bonchev–Trinajstić information content (AvgIpc) is 3.50.